The van der Waals surface area contributed by atoms with Crippen molar-refractivity contribution < 1.29 is 23.5 Å². The number of carbonyl (C=O) groups is 2. The van der Waals surface area contributed by atoms with E-state index in [4.69, 9.17) is 5.26 Å². The number of nitriles is 1. The van der Waals surface area contributed by atoms with Crippen LogP contribution >= 0.6 is 11.8 Å². The van der Waals surface area contributed by atoms with Gasteiger partial charge in [0.1, 0.15) is 12.1 Å². The summed E-state index contributed by atoms with van der Waals surface area (Å²) in [5.41, 5.74) is 1.18. The van der Waals surface area contributed by atoms with Crippen LogP contribution in [0.5, 0.6) is 0 Å². The zero-order valence-corrected chi connectivity index (χ0v) is 17.1. The SMILES string of the molecule is N#C[C@@H]1CSCN1C(=O)CNC(=O)c1ccnc2ccc(N3C[C@@H](O)C(F)(F)C3)cc12. The predicted molar refractivity (Wildman–Crippen MR) is 111 cm³/mol. The molecule has 2 N–H and O–H groups in total. The minimum atomic E-state index is -3.21. The van der Waals surface area contributed by atoms with E-state index < -0.39 is 30.5 Å². The summed E-state index contributed by atoms with van der Waals surface area (Å²) in [6.07, 6.45) is -0.304. The Labute approximate surface area is 180 Å². The van der Waals surface area contributed by atoms with Crippen LogP contribution in [0, 0.1) is 11.3 Å². The molecule has 0 unspecified atom stereocenters. The van der Waals surface area contributed by atoms with Gasteiger partial charge in [-0.2, -0.15) is 5.26 Å². The first-order valence-electron chi connectivity index (χ1n) is 9.55. The quantitative estimate of drug-likeness (QED) is 0.725. The number of rotatable bonds is 4. The number of hydrogen-bond acceptors (Lipinski definition) is 7. The molecule has 162 valence electrons. The number of β-amino-alcohol motifs (C(OH)–C–C–N with tert-alkyl or cyclic N) is 1. The van der Waals surface area contributed by atoms with Crippen LogP contribution in [-0.4, -0.2) is 76.1 Å². The van der Waals surface area contributed by atoms with Crippen molar-refractivity contribution in [2.24, 2.45) is 0 Å². The lowest BCUT2D eigenvalue weighted by Gasteiger charge is -2.19. The second-order valence-corrected chi connectivity index (χ2v) is 8.41. The molecule has 31 heavy (non-hydrogen) atoms. The van der Waals surface area contributed by atoms with Gasteiger partial charge in [-0.05, 0) is 24.3 Å². The summed E-state index contributed by atoms with van der Waals surface area (Å²) < 4.78 is 27.5. The lowest BCUT2D eigenvalue weighted by Crippen LogP contribution is -2.42. The molecular weight excluding hydrogens is 428 g/mol. The summed E-state index contributed by atoms with van der Waals surface area (Å²) >= 11 is 1.48. The van der Waals surface area contributed by atoms with Crippen LogP contribution < -0.4 is 10.2 Å². The molecule has 2 aliphatic rings. The number of benzene rings is 1. The molecule has 2 amide bonds. The van der Waals surface area contributed by atoms with Crippen molar-refractivity contribution in [2.45, 2.75) is 18.1 Å². The van der Waals surface area contributed by atoms with E-state index in [-0.39, 0.29) is 24.6 Å². The minimum absolute atomic E-state index is 0.220. The number of nitrogens with zero attached hydrogens (tertiary/aromatic N) is 4. The molecule has 2 fully saturated rings. The van der Waals surface area contributed by atoms with Crippen LogP contribution in [0.1, 0.15) is 10.4 Å². The molecule has 0 spiro atoms. The normalized spacial score (nSPS) is 22.5. The Bertz CT molecular complexity index is 1080. The van der Waals surface area contributed by atoms with Crippen molar-refractivity contribution in [3.05, 3.63) is 36.0 Å². The third-order valence-electron chi connectivity index (χ3n) is 5.37. The Morgan fingerprint density at radius 3 is 2.90 bits per heavy atom. The predicted octanol–water partition coefficient (Wildman–Crippen LogP) is 1.21. The molecule has 4 rings (SSSR count). The fraction of sp³-hybridized carbons (Fsp3) is 0.400. The molecule has 2 saturated heterocycles. The number of nitrogens with one attached hydrogen (secondary N) is 1. The zero-order chi connectivity index (χ0) is 22.2. The average molecular weight is 447 g/mol. The van der Waals surface area contributed by atoms with E-state index in [1.165, 1.54) is 33.8 Å². The van der Waals surface area contributed by atoms with Gasteiger partial charge in [-0.25, -0.2) is 8.78 Å². The summed E-state index contributed by atoms with van der Waals surface area (Å²) in [5, 5.41) is 21.7. The van der Waals surface area contributed by atoms with Crippen molar-refractivity contribution in [1.82, 2.24) is 15.2 Å². The standard InChI is InChI=1S/C20H19F2N5O3S/c21-20(22)10-26(8-17(20)28)12-1-2-16-15(5-12)14(3-4-24-16)19(30)25-7-18(29)27-11-31-9-13(27)6-23/h1-5,13,17,28H,7-11H2,(H,25,30)/t13-,17-/m1/s1. The first kappa shape index (κ1) is 21.3. The maximum Gasteiger partial charge on any atom is 0.292 e. The molecule has 2 aliphatic heterocycles. The van der Waals surface area contributed by atoms with Crippen molar-refractivity contribution in [3.8, 4) is 6.07 Å². The molecule has 11 heteroatoms. The summed E-state index contributed by atoms with van der Waals surface area (Å²) in [6.45, 7) is -1.10. The van der Waals surface area contributed by atoms with Crippen molar-refractivity contribution >= 4 is 40.2 Å². The highest BCUT2D eigenvalue weighted by Gasteiger charge is 2.47. The second-order valence-electron chi connectivity index (χ2n) is 7.41. The smallest absolute Gasteiger partial charge is 0.292 e. The molecule has 1 aromatic heterocycles. The Balaban J connectivity index is 1.53. The summed E-state index contributed by atoms with van der Waals surface area (Å²) in [7, 11) is 0. The summed E-state index contributed by atoms with van der Waals surface area (Å²) in [5.74, 6) is -3.12. The van der Waals surface area contributed by atoms with Gasteiger partial charge in [0.25, 0.3) is 11.8 Å². The van der Waals surface area contributed by atoms with Crippen molar-refractivity contribution in [1.29, 1.82) is 5.26 Å². The van der Waals surface area contributed by atoms with Gasteiger partial charge < -0.3 is 20.2 Å². The second kappa shape index (κ2) is 8.28. The maximum absolute atomic E-state index is 13.7. The lowest BCUT2D eigenvalue weighted by atomic mass is 10.1. The molecule has 2 aromatic rings. The maximum atomic E-state index is 13.7. The third kappa shape index (κ3) is 4.13. The number of thioether (sulfide) groups is 1. The van der Waals surface area contributed by atoms with E-state index in [1.807, 2.05) is 0 Å². The monoisotopic (exact) mass is 447 g/mol. The molecule has 8 nitrogen and oxygen atoms in total. The fourth-order valence-corrected chi connectivity index (χ4v) is 4.74. The van der Waals surface area contributed by atoms with Crippen LogP contribution in [0.15, 0.2) is 30.5 Å². The number of alkyl halides is 2. The topological polar surface area (TPSA) is 110 Å². The molecule has 0 radical (unpaired) electrons. The van der Waals surface area contributed by atoms with Gasteiger partial charge in [-0.15, -0.1) is 11.8 Å². The van der Waals surface area contributed by atoms with Crippen LogP contribution in [-0.2, 0) is 4.79 Å². The lowest BCUT2D eigenvalue weighted by molar-refractivity contribution is -0.129. The number of halogens is 2. The van der Waals surface area contributed by atoms with Crippen molar-refractivity contribution in [3.63, 3.8) is 0 Å². The van der Waals surface area contributed by atoms with E-state index in [0.717, 1.165) is 0 Å². The number of anilines is 1. The van der Waals surface area contributed by atoms with Gasteiger partial charge in [-0.3, -0.25) is 14.6 Å². The van der Waals surface area contributed by atoms with E-state index in [1.54, 1.807) is 18.2 Å². The number of fused-ring (bicyclic) bond motifs is 1. The number of aromatic nitrogens is 1. The van der Waals surface area contributed by atoms with Crippen LogP contribution in [0.25, 0.3) is 10.9 Å². The van der Waals surface area contributed by atoms with Gasteiger partial charge >= 0.3 is 0 Å². The molecular formula is C20H19F2N5O3S. The number of hydrogen-bond donors (Lipinski definition) is 2. The largest absolute Gasteiger partial charge is 0.385 e. The first-order chi connectivity index (χ1) is 14.8. The Morgan fingerprint density at radius 2 is 2.19 bits per heavy atom. The van der Waals surface area contributed by atoms with Crippen LogP contribution in [0.3, 0.4) is 0 Å². The average Bonchev–Trinajstić information content (AvgIpc) is 3.34. The Kier molecular flexibility index (Phi) is 5.68. The molecule has 3 heterocycles. The van der Waals surface area contributed by atoms with Gasteiger partial charge in [-0.1, -0.05) is 0 Å². The van der Waals surface area contributed by atoms with Crippen LogP contribution in [0.4, 0.5) is 14.5 Å². The van der Waals surface area contributed by atoms with Gasteiger partial charge in [0.2, 0.25) is 5.91 Å². The minimum Gasteiger partial charge on any atom is -0.385 e. The first-order valence-corrected chi connectivity index (χ1v) is 10.7. The number of aliphatic hydroxyl groups excluding tert-OH is 1. The Morgan fingerprint density at radius 1 is 1.39 bits per heavy atom. The van der Waals surface area contributed by atoms with E-state index in [9.17, 15) is 23.5 Å². The van der Waals surface area contributed by atoms with E-state index in [2.05, 4.69) is 16.4 Å². The molecule has 2 atom stereocenters. The summed E-state index contributed by atoms with van der Waals surface area (Å²) in [4.78, 5) is 32.1. The number of pyridine rings is 1. The number of carbonyl (C=O) groups excluding carboxylic acids is 2. The van der Waals surface area contributed by atoms with Crippen molar-refractivity contribution in [2.75, 3.05) is 36.2 Å². The van der Waals surface area contributed by atoms with Crippen LogP contribution in [0.2, 0.25) is 0 Å². The molecule has 0 aliphatic carbocycles. The van der Waals surface area contributed by atoms with Gasteiger partial charge in [0.15, 0.2) is 0 Å². The van der Waals surface area contributed by atoms with E-state index >= 15 is 0 Å². The highest BCUT2D eigenvalue weighted by molar-refractivity contribution is 7.99. The van der Waals surface area contributed by atoms with Gasteiger partial charge in [0.05, 0.1) is 42.7 Å². The zero-order valence-electron chi connectivity index (χ0n) is 16.3. The number of amides is 2. The molecule has 1 aromatic carbocycles. The summed E-state index contributed by atoms with van der Waals surface area (Å²) in [6, 6.07) is 7.86. The highest BCUT2D eigenvalue weighted by Crippen LogP contribution is 2.33. The third-order valence-corrected chi connectivity index (χ3v) is 6.38. The van der Waals surface area contributed by atoms with E-state index in [0.29, 0.717) is 28.2 Å². The fourth-order valence-electron chi connectivity index (χ4n) is 3.64. The Hall–Kier alpha value is -2.97. The highest BCUT2D eigenvalue weighted by atomic mass is 32.2. The molecule has 0 saturated carbocycles. The van der Waals surface area contributed by atoms with Gasteiger partial charge in [0, 0.05) is 23.0 Å². The number of aliphatic hydroxyl groups is 1. The molecule has 0 bridgehead atoms.